The third kappa shape index (κ3) is 1.86. The minimum absolute atomic E-state index is 0.0142. The summed E-state index contributed by atoms with van der Waals surface area (Å²) in [7, 11) is 0. The Bertz CT molecular complexity index is 594. The first-order chi connectivity index (χ1) is 8.72. The lowest BCUT2D eigenvalue weighted by atomic mass is 10.1. The Balaban J connectivity index is 1.80. The maximum atomic E-state index is 11.3. The highest BCUT2D eigenvalue weighted by Gasteiger charge is 2.19. The highest BCUT2D eigenvalue weighted by molar-refractivity contribution is 6.00. The average molecular weight is 245 g/mol. The number of nitrogens with two attached hydrogens (primary N) is 1. The van der Waals surface area contributed by atoms with E-state index in [1.807, 2.05) is 6.07 Å². The Labute approximate surface area is 102 Å². The highest BCUT2D eigenvalue weighted by atomic mass is 16.5. The van der Waals surface area contributed by atoms with Gasteiger partial charge in [-0.15, -0.1) is 0 Å². The van der Waals surface area contributed by atoms with E-state index in [0.717, 1.165) is 16.9 Å². The van der Waals surface area contributed by atoms with Crippen molar-refractivity contribution in [1.29, 1.82) is 0 Å². The minimum atomic E-state index is -0.0142. The summed E-state index contributed by atoms with van der Waals surface area (Å²) >= 11 is 0. The summed E-state index contributed by atoms with van der Waals surface area (Å²) < 4.78 is 4.63. The SMILES string of the molecule is Nc1cc2c(cc1NCc1ncon1)NC(=O)C2. The third-order valence-corrected chi connectivity index (χ3v) is 2.74. The lowest BCUT2D eigenvalue weighted by Gasteiger charge is -2.09. The number of hydrogen-bond acceptors (Lipinski definition) is 6. The van der Waals surface area contributed by atoms with Gasteiger partial charge in [-0.1, -0.05) is 5.16 Å². The van der Waals surface area contributed by atoms with Gasteiger partial charge in [0, 0.05) is 5.69 Å². The average Bonchev–Trinajstić information content (AvgIpc) is 2.94. The molecule has 2 heterocycles. The molecule has 7 heteroatoms. The van der Waals surface area contributed by atoms with Crippen LogP contribution >= 0.6 is 0 Å². The number of benzene rings is 1. The zero-order chi connectivity index (χ0) is 12.5. The van der Waals surface area contributed by atoms with Crippen molar-refractivity contribution in [1.82, 2.24) is 10.1 Å². The lowest BCUT2D eigenvalue weighted by Crippen LogP contribution is -2.05. The molecule has 3 rings (SSSR count). The maximum Gasteiger partial charge on any atom is 0.228 e. The van der Waals surface area contributed by atoms with Gasteiger partial charge in [-0.05, 0) is 17.7 Å². The van der Waals surface area contributed by atoms with E-state index < -0.39 is 0 Å². The number of nitrogens with zero attached hydrogens (tertiary/aromatic N) is 2. The molecule has 1 amide bonds. The van der Waals surface area contributed by atoms with Gasteiger partial charge < -0.3 is 20.9 Å². The van der Waals surface area contributed by atoms with Crippen molar-refractivity contribution in [2.75, 3.05) is 16.4 Å². The van der Waals surface area contributed by atoms with E-state index in [1.54, 1.807) is 6.07 Å². The van der Waals surface area contributed by atoms with Crippen LogP contribution in [0.1, 0.15) is 11.4 Å². The second-order valence-electron chi connectivity index (χ2n) is 4.02. The van der Waals surface area contributed by atoms with Crippen LogP contribution in [0.5, 0.6) is 0 Å². The van der Waals surface area contributed by atoms with Crippen molar-refractivity contribution in [3.05, 3.63) is 29.9 Å². The fourth-order valence-electron chi connectivity index (χ4n) is 1.89. The molecule has 0 spiro atoms. The van der Waals surface area contributed by atoms with Crippen LogP contribution in [0.4, 0.5) is 17.1 Å². The van der Waals surface area contributed by atoms with Crippen molar-refractivity contribution in [3.63, 3.8) is 0 Å². The van der Waals surface area contributed by atoms with Gasteiger partial charge in [0.25, 0.3) is 0 Å². The second-order valence-corrected chi connectivity index (χ2v) is 4.02. The first-order valence-corrected chi connectivity index (χ1v) is 5.44. The van der Waals surface area contributed by atoms with E-state index in [4.69, 9.17) is 5.73 Å². The Morgan fingerprint density at radius 2 is 2.39 bits per heavy atom. The molecular formula is C11H11N5O2. The molecule has 4 N–H and O–H groups in total. The molecule has 0 fully saturated rings. The van der Waals surface area contributed by atoms with Gasteiger partial charge in [0.15, 0.2) is 5.82 Å². The Kier molecular flexibility index (Phi) is 2.36. The van der Waals surface area contributed by atoms with Crippen LogP contribution in [-0.2, 0) is 17.8 Å². The highest BCUT2D eigenvalue weighted by Crippen LogP contribution is 2.31. The second kappa shape index (κ2) is 4.02. The fourth-order valence-corrected chi connectivity index (χ4v) is 1.89. The zero-order valence-electron chi connectivity index (χ0n) is 9.43. The normalized spacial score (nSPS) is 13.2. The van der Waals surface area contributed by atoms with Crippen molar-refractivity contribution < 1.29 is 9.32 Å². The first kappa shape index (κ1) is 10.6. The predicted octanol–water partition coefficient (Wildman–Crippen LogP) is 0.758. The van der Waals surface area contributed by atoms with E-state index in [-0.39, 0.29) is 5.91 Å². The van der Waals surface area contributed by atoms with Gasteiger partial charge in [0.1, 0.15) is 0 Å². The Morgan fingerprint density at radius 3 is 3.17 bits per heavy atom. The standard InChI is InChI=1S/C11H11N5O2/c12-7-1-6-2-11(17)15-8(6)3-9(7)13-4-10-14-5-18-16-10/h1,3,5,13H,2,4,12H2,(H,15,17). The summed E-state index contributed by atoms with van der Waals surface area (Å²) in [4.78, 5) is 15.2. The monoisotopic (exact) mass is 245 g/mol. The molecule has 0 saturated heterocycles. The number of rotatable bonds is 3. The summed E-state index contributed by atoms with van der Waals surface area (Å²) in [5.74, 6) is 0.527. The summed E-state index contributed by atoms with van der Waals surface area (Å²) in [5.41, 5.74) is 8.96. The van der Waals surface area contributed by atoms with Crippen molar-refractivity contribution in [2.45, 2.75) is 13.0 Å². The molecule has 0 radical (unpaired) electrons. The molecule has 0 bridgehead atoms. The van der Waals surface area contributed by atoms with Gasteiger partial charge in [-0.2, -0.15) is 4.98 Å². The van der Waals surface area contributed by atoms with E-state index in [9.17, 15) is 4.79 Å². The van der Waals surface area contributed by atoms with E-state index in [1.165, 1.54) is 6.39 Å². The molecule has 1 aliphatic heterocycles. The number of fused-ring (bicyclic) bond motifs is 1. The molecule has 92 valence electrons. The quantitative estimate of drug-likeness (QED) is 0.689. The number of amides is 1. The number of carbonyl (C=O) groups is 1. The molecule has 7 nitrogen and oxygen atoms in total. The molecule has 0 atom stereocenters. The van der Waals surface area contributed by atoms with Crippen LogP contribution < -0.4 is 16.4 Å². The van der Waals surface area contributed by atoms with Gasteiger partial charge in [0.2, 0.25) is 12.3 Å². The van der Waals surface area contributed by atoms with Gasteiger partial charge in [-0.25, -0.2) is 0 Å². The molecule has 1 aliphatic rings. The Morgan fingerprint density at radius 1 is 1.50 bits per heavy atom. The van der Waals surface area contributed by atoms with Crippen LogP contribution in [0, 0.1) is 0 Å². The number of carbonyl (C=O) groups excluding carboxylic acids is 1. The van der Waals surface area contributed by atoms with Gasteiger partial charge in [0.05, 0.1) is 24.3 Å². The molecule has 0 saturated carbocycles. The van der Waals surface area contributed by atoms with Crippen LogP contribution in [0.3, 0.4) is 0 Å². The largest absolute Gasteiger partial charge is 0.397 e. The van der Waals surface area contributed by atoms with E-state index >= 15 is 0 Å². The van der Waals surface area contributed by atoms with Crippen molar-refractivity contribution in [2.24, 2.45) is 0 Å². The van der Waals surface area contributed by atoms with Crippen LogP contribution in [0.2, 0.25) is 0 Å². The molecular weight excluding hydrogens is 234 g/mol. The van der Waals surface area contributed by atoms with Crippen LogP contribution in [0.25, 0.3) is 0 Å². The fraction of sp³-hybridized carbons (Fsp3) is 0.182. The summed E-state index contributed by atoms with van der Waals surface area (Å²) in [6.45, 7) is 0.410. The molecule has 1 aromatic carbocycles. The third-order valence-electron chi connectivity index (χ3n) is 2.74. The summed E-state index contributed by atoms with van der Waals surface area (Å²) in [5, 5.41) is 9.56. The van der Waals surface area contributed by atoms with E-state index in [0.29, 0.717) is 24.5 Å². The smallest absolute Gasteiger partial charge is 0.228 e. The van der Waals surface area contributed by atoms with Crippen LogP contribution in [-0.4, -0.2) is 16.0 Å². The number of nitrogens with one attached hydrogen (secondary N) is 2. The summed E-state index contributed by atoms with van der Waals surface area (Å²) in [6, 6.07) is 3.61. The van der Waals surface area contributed by atoms with Gasteiger partial charge in [-0.3, -0.25) is 4.79 Å². The number of aromatic nitrogens is 2. The molecule has 0 aliphatic carbocycles. The number of hydrogen-bond donors (Lipinski definition) is 3. The van der Waals surface area contributed by atoms with Crippen LogP contribution in [0.15, 0.2) is 23.0 Å². The molecule has 2 aromatic rings. The predicted molar refractivity (Wildman–Crippen MR) is 64.8 cm³/mol. The number of anilines is 3. The minimum Gasteiger partial charge on any atom is -0.397 e. The topological polar surface area (TPSA) is 106 Å². The zero-order valence-corrected chi connectivity index (χ0v) is 9.43. The maximum absolute atomic E-state index is 11.3. The van der Waals surface area contributed by atoms with E-state index in [2.05, 4.69) is 25.3 Å². The lowest BCUT2D eigenvalue weighted by molar-refractivity contribution is -0.115. The van der Waals surface area contributed by atoms with Gasteiger partial charge >= 0.3 is 0 Å². The number of nitrogen functional groups attached to an aromatic ring is 1. The van der Waals surface area contributed by atoms with Crippen molar-refractivity contribution in [3.8, 4) is 0 Å². The summed E-state index contributed by atoms with van der Waals surface area (Å²) in [6.07, 6.45) is 1.65. The molecule has 18 heavy (non-hydrogen) atoms. The first-order valence-electron chi connectivity index (χ1n) is 5.44. The Hall–Kier alpha value is -2.57. The van der Waals surface area contributed by atoms with Crippen molar-refractivity contribution >= 4 is 23.0 Å². The molecule has 0 unspecified atom stereocenters. The molecule has 1 aromatic heterocycles.